The van der Waals surface area contributed by atoms with Gasteiger partial charge in [0.2, 0.25) is 0 Å². The van der Waals surface area contributed by atoms with Crippen LogP contribution < -0.4 is 0 Å². The standard InChI is InChI=1S/C16H13BrO/c17-13-7-5-11(6-8-13)9-12-10-16(18)15-4-2-1-3-14(12)15/h1-8,12H,9-10H2. The molecule has 90 valence electrons. The molecule has 2 heteroatoms. The number of Topliss-reactive ketones (excluding diaryl/α,β-unsaturated/α-hetero) is 1. The second kappa shape index (κ2) is 4.69. The Morgan fingerprint density at radius 1 is 1.06 bits per heavy atom. The summed E-state index contributed by atoms with van der Waals surface area (Å²) in [5.74, 6) is 0.627. The van der Waals surface area contributed by atoms with Gasteiger partial charge in [0.05, 0.1) is 0 Å². The molecule has 3 rings (SSSR count). The quantitative estimate of drug-likeness (QED) is 0.805. The van der Waals surface area contributed by atoms with Crippen molar-refractivity contribution in [2.24, 2.45) is 0 Å². The number of ketones is 1. The van der Waals surface area contributed by atoms with Crippen LogP contribution >= 0.6 is 15.9 Å². The lowest BCUT2D eigenvalue weighted by Crippen LogP contribution is -1.99. The summed E-state index contributed by atoms with van der Waals surface area (Å²) in [7, 11) is 0. The summed E-state index contributed by atoms with van der Waals surface area (Å²) in [4.78, 5) is 11.9. The van der Waals surface area contributed by atoms with Gasteiger partial charge in [-0.3, -0.25) is 4.79 Å². The Labute approximate surface area is 115 Å². The fourth-order valence-electron chi connectivity index (χ4n) is 2.64. The molecule has 18 heavy (non-hydrogen) atoms. The van der Waals surface area contributed by atoms with Crippen molar-refractivity contribution in [2.75, 3.05) is 0 Å². The number of benzene rings is 2. The van der Waals surface area contributed by atoms with Crippen LogP contribution in [0.15, 0.2) is 53.0 Å². The maximum absolute atomic E-state index is 11.9. The summed E-state index contributed by atoms with van der Waals surface area (Å²) in [6, 6.07) is 16.3. The normalized spacial score (nSPS) is 17.8. The van der Waals surface area contributed by atoms with Gasteiger partial charge in [-0.15, -0.1) is 0 Å². The van der Waals surface area contributed by atoms with Crippen molar-refractivity contribution in [1.82, 2.24) is 0 Å². The Bertz CT molecular complexity index is 586. The second-order valence-electron chi connectivity index (χ2n) is 4.74. The molecular weight excluding hydrogens is 288 g/mol. The second-order valence-corrected chi connectivity index (χ2v) is 5.66. The zero-order chi connectivity index (χ0) is 12.5. The zero-order valence-corrected chi connectivity index (χ0v) is 11.5. The Morgan fingerprint density at radius 3 is 2.56 bits per heavy atom. The van der Waals surface area contributed by atoms with E-state index in [9.17, 15) is 4.79 Å². The van der Waals surface area contributed by atoms with Crippen LogP contribution in [0.4, 0.5) is 0 Å². The molecule has 1 atom stereocenters. The van der Waals surface area contributed by atoms with Gasteiger partial charge in [0.1, 0.15) is 0 Å². The fourth-order valence-corrected chi connectivity index (χ4v) is 2.90. The molecule has 0 spiro atoms. The van der Waals surface area contributed by atoms with Crippen LogP contribution in [-0.4, -0.2) is 5.78 Å². The van der Waals surface area contributed by atoms with E-state index in [0.29, 0.717) is 12.3 Å². The van der Waals surface area contributed by atoms with Crippen LogP contribution in [0.25, 0.3) is 0 Å². The van der Waals surface area contributed by atoms with E-state index in [0.717, 1.165) is 16.5 Å². The molecule has 0 aliphatic heterocycles. The van der Waals surface area contributed by atoms with Crippen LogP contribution in [0.3, 0.4) is 0 Å². The number of rotatable bonds is 2. The highest BCUT2D eigenvalue weighted by Crippen LogP contribution is 2.35. The topological polar surface area (TPSA) is 17.1 Å². The Hall–Kier alpha value is -1.41. The molecule has 1 aliphatic carbocycles. The molecule has 0 saturated carbocycles. The van der Waals surface area contributed by atoms with Crippen molar-refractivity contribution in [3.63, 3.8) is 0 Å². The van der Waals surface area contributed by atoms with E-state index in [1.54, 1.807) is 0 Å². The lowest BCUT2D eigenvalue weighted by molar-refractivity contribution is 0.0989. The van der Waals surface area contributed by atoms with Gasteiger partial charge in [0, 0.05) is 16.5 Å². The van der Waals surface area contributed by atoms with Gasteiger partial charge in [-0.2, -0.15) is 0 Å². The number of carbonyl (C=O) groups excluding carboxylic acids is 1. The molecule has 0 aromatic heterocycles. The molecule has 0 bridgehead atoms. The van der Waals surface area contributed by atoms with E-state index in [1.807, 2.05) is 18.2 Å². The Balaban J connectivity index is 1.87. The van der Waals surface area contributed by atoms with E-state index in [4.69, 9.17) is 0 Å². The average molecular weight is 301 g/mol. The van der Waals surface area contributed by atoms with Gasteiger partial charge in [0.15, 0.2) is 5.78 Å². The SMILES string of the molecule is O=C1CC(Cc2ccc(Br)cc2)c2ccccc21. The van der Waals surface area contributed by atoms with E-state index in [1.165, 1.54) is 11.1 Å². The third kappa shape index (κ3) is 2.13. The first kappa shape index (κ1) is 11.7. The predicted molar refractivity (Wildman–Crippen MR) is 76.0 cm³/mol. The maximum atomic E-state index is 11.9. The van der Waals surface area contributed by atoms with Gasteiger partial charge in [-0.1, -0.05) is 52.3 Å². The number of fused-ring (bicyclic) bond motifs is 1. The van der Waals surface area contributed by atoms with Crippen molar-refractivity contribution in [3.05, 3.63) is 69.7 Å². The van der Waals surface area contributed by atoms with Gasteiger partial charge in [-0.05, 0) is 35.6 Å². The predicted octanol–water partition coefficient (Wildman–Crippen LogP) is 4.36. The first-order valence-corrected chi connectivity index (χ1v) is 6.90. The summed E-state index contributed by atoms with van der Waals surface area (Å²) in [5.41, 5.74) is 3.41. The third-order valence-electron chi connectivity index (χ3n) is 3.53. The maximum Gasteiger partial charge on any atom is 0.163 e. The molecular formula is C16H13BrO. The average Bonchev–Trinajstić information content (AvgIpc) is 2.70. The molecule has 1 unspecified atom stereocenters. The molecule has 0 fully saturated rings. The fraction of sp³-hybridized carbons (Fsp3) is 0.188. The Morgan fingerprint density at radius 2 is 1.78 bits per heavy atom. The van der Waals surface area contributed by atoms with Gasteiger partial charge in [0.25, 0.3) is 0 Å². The van der Waals surface area contributed by atoms with Crippen LogP contribution in [-0.2, 0) is 6.42 Å². The minimum absolute atomic E-state index is 0.285. The van der Waals surface area contributed by atoms with Crippen LogP contribution in [0.1, 0.15) is 33.8 Å². The highest BCUT2D eigenvalue weighted by Gasteiger charge is 2.28. The molecule has 1 aliphatic rings. The van der Waals surface area contributed by atoms with E-state index in [-0.39, 0.29) is 5.78 Å². The summed E-state index contributed by atoms with van der Waals surface area (Å²) in [6.45, 7) is 0. The third-order valence-corrected chi connectivity index (χ3v) is 4.06. The summed E-state index contributed by atoms with van der Waals surface area (Å²) in [5, 5.41) is 0. The minimum atomic E-state index is 0.285. The first-order valence-electron chi connectivity index (χ1n) is 6.10. The number of hydrogen-bond donors (Lipinski definition) is 0. The molecule has 1 nitrogen and oxygen atoms in total. The van der Waals surface area contributed by atoms with Crippen molar-refractivity contribution >= 4 is 21.7 Å². The van der Waals surface area contributed by atoms with Gasteiger partial charge >= 0.3 is 0 Å². The smallest absolute Gasteiger partial charge is 0.163 e. The van der Waals surface area contributed by atoms with Crippen molar-refractivity contribution < 1.29 is 4.79 Å². The lowest BCUT2D eigenvalue weighted by Gasteiger charge is -2.10. The molecule has 2 aromatic carbocycles. The summed E-state index contributed by atoms with van der Waals surface area (Å²) >= 11 is 3.44. The van der Waals surface area contributed by atoms with Crippen LogP contribution in [0.5, 0.6) is 0 Å². The Kier molecular flexibility index (Phi) is 3.04. The molecule has 0 radical (unpaired) electrons. The summed E-state index contributed by atoms with van der Waals surface area (Å²) in [6.07, 6.45) is 1.59. The highest BCUT2D eigenvalue weighted by molar-refractivity contribution is 9.10. The zero-order valence-electron chi connectivity index (χ0n) is 9.90. The number of hydrogen-bond acceptors (Lipinski definition) is 1. The molecule has 0 saturated heterocycles. The van der Waals surface area contributed by atoms with Crippen molar-refractivity contribution in [3.8, 4) is 0 Å². The van der Waals surface area contributed by atoms with Gasteiger partial charge in [-0.25, -0.2) is 0 Å². The molecule has 0 heterocycles. The van der Waals surface area contributed by atoms with Crippen molar-refractivity contribution in [2.45, 2.75) is 18.8 Å². The van der Waals surface area contributed by atoms with E-state index < -0.39 is 0 Å². The van der Waals surface area contributed by atoms with Crippen molar-refractivity contribution in [1.29, 1.82) is 0 Å². The van der Waals surface area contributed by atoms with E-state index in [2.05, 4.69) is 46.3 Å². The largest absolute Gasteiger partial charge is 0.294 e. The van der Waals surface area contributed by atoms with Crippen LogP contribution in [0, 0.1) is 0 Å². The molecule has 0 N–H and O–H groups in total. The number of carbonyl (C=O) groups is 1. The first-order chi connectivity index (χ1) is 8.74. The van der Waals surface area contributed by atoms with Crippen LogP contribution in [0.2, 0.25) is 0 Å². The van der Waals surface area contributed by atoms with E-state index >= 15 is 0 Å². The minimum Gasteiger partial charge on any atom is -0.294 e. The monoisotopic (exact) mass is 300 g/mol. The molecule has 2 aromatic rings. The van der Waals surface area contributed by atoms with Gasteiger partial charge < -0.3 is 0 Å². The summed E-state index contributed by atoms with van der Waals surface area (Å²) < 4.78 is 1.09. The number of halogens is 1. The highest BCUT2D eigenvalue weighted by atomic mass is 79.9. The lowest BCUT2D eigenvalue weighted by atomic mass is 9.94. The molecule has 0 amide bonds.